The second kappa shape index (κ2) is 5.97. The number of rotatable bonds is 7. The Kier molecular flexibility index (Phi) is 4.86. The SMILES string of the molecule is COC(C)(C)CCOCc1c(C(=O)O)cnn1C. The van der Waals surface area contributed by atoms with Crippen LogP contribution in [-0.2, 0) is 23.1 Å². The average Bonchev–Trinajstić information content (AvgIpc) is 2.66. The van der Waals surface area contributed by atoms with Gasteiger partial charge in [-0.3, -0.25) is 4.68 Å². The molecule has 1 aromatic rings. The molecule has 0 aliphatic carbocycles. The first kappa shape index (κ1) is 14.7. The molecule has 18 heavy (non-hydrogen) atoms. The Morgan fingerprint density at radius 1 is 1.56 bits per heavy atom. The second-order valence-corrected chi connectivity index (χ2v) is 4.70. The van der Waals surface area contributed by atoms with Crippen LogP contribution in [0.15, 0.2) is 6.20 Å². The van der Waals surface area contributed by atoms with Gasteiger partial charge in [0.1, 0.15) is 5.56 Å². The Labute approximate surface area is 107 Å². The van der Waals surface area contributed by atoms with Gasteiger partial charge in [0, 0.05) is 20.8 Å². The third kappa shape index (κ3) is 3.82. The molecule has 0 amide bonds. The smallest absolute Gasteiger partial charge is 0.339 e. The number of hydrogen-bond acceptors (Lipinski definition) is 4. The van der Waals surface area contributed by atoms with Crippen molar-refractivity contribution in [2.75, 3.05) is 13.7 Å². The number of aryl methyl sites for hydroxylation is 1. The van der Waals surface area contributed by atoms with Gasteiger partial charge < -0.3 is 14.6 Å². The summed E-state index contributed by atoms with van der Waals surface area (Å²) in [4.78, 5) is 10.9. The van der Waals surface area contributed by atoms with E-state index in [-0.39, 0.29) is 17.8 Å². The molecule has 6 heteroatoms. The fourth-order valence-electron chi connectivity index (χ4n) is 1.40. The fraction of sp³-hybridized carbons (Fsp3) is 0.667. The lowest BCUT2D eigenvalue weighted by Crippen LogP contribution is -2.24. The van der Waals surface area contributed by atoms with Gasteiger partial charge in [-0.05, 0) is 20.3 Å². The highest BCUT2D eigenvalue weighted by Gasteiger charge is 2.17. The van der Waals surface area contributed by atoms with E-state index in [4.69, 9.17) is 14.6 Å². The molecule has 1 rings (SSSR count). The van der Waals surface area contributed by atoms with Crippen LogP contribution in [0.1, 0.15) is 36.3 Å². The van der Waals surface area contributed by atoms with Gasteiger partial charge >= 0.3 is 5.97 Å². The van der Waals surface area contributed by atoms with E-state index in [1.165, 1.54) is 10.9 Å². The van der Waals surface area contributed by atoms with Gasteiger partial charge in [-0.15, -0.1) is 0 Å². The van der Waals surface area contributed by atoms with E-state index in [2.05, 4.69) is 5.10 Å². The van der Waals surface area contributed by atoms with Crippen LogP contribution in [0.3, 0.4) is 0 Å². The average molecular weight is 256 g/mol. The van der Waals surface area contributed by atoms with E-state index >= 15 is 0 Å². The molecular formula is C12H20N2O4. The van der Waals surface area contributed by atoms with E-state index in [0.717, 1.165) is 6.42 Å². The third-order valence-corrected chi connectivity index (χ3v) is 2.93. The van der Waals surface area contributed by atoms with Crippen LogP contribution < -0.4 is 0 Å². The number of carboxylic acids is 1. The number of methoxy groups -OCH3 is 1. The Balaban J connectivity index is 2.49. The number of aromatic carboxylic acids is 1. The molecule has 0 aliphatic rings. The quantitative estimate of drug-likeness (QED) is 0.747. The minimum absolute atomic E-state index is 0.184. The maximum Gasteiger partial charge on any atom is 0.339 e. The van der Waals surface area contributed by atoms with Crippen molar-refractivity contribution in [3.8, 4) is 0 Å². The lowest BCUT2D eigenvalue weighted by molar-refractivity contribution is -0.0132. The summed E-state index contributed by atoms with van der Waals surface area (Å²) >= 11 is 0. The van der Waals surface area contributed by atoms with Crippen molar-refractivity contribution in [1.82, 2.24) is 9.78 Å². The van der Waals surface area contributed by atoms with Gasteiger partial charge in [0.2, 0.25) is 0 Å². The van der Waals surface area contributed by atoms with Crippen LogP contribution in [0.5, 0.6) is 0 Å². The Hall–Kier alpha value is -1.40. The number of nitrogens with zero attached hydrogens (tertiary/aromatic N) is 2. The zero-order valence-electron chi connectivity index (χ0n) is 11.3. The summed E-state index contributed by atoms with van der Waals surface area (Å²) in [6.07, 6.45) is 2.07. The van der Waals surface area contributed by atoms with Crippen LogP contribution in [0.4, 0.5) is 0 Å². The predicted octanol–water partition coefficient (Wildman–Crippen LogP) is 1.45. The maximum atomic E-state index is 10.9. The topological polar surface area (TPSA) is 73.6 Å². The molecule has 1 N–H and O–H groups in total. The summed E-state index contributed by atoms with van der Waals surface area (Å²) < 4.78 is 12.3. The zero-order chi connectivity index (χ0) is 13.8. The number of hydrogen-bond donors (Lipinski definition) is 1. The molecule has 1 heterocycles. The van der Waals surface area contributed by atoms with Crippen LogP contribution in [0, 0.1) is 0 Å². The number of carboxylic acid groups (broad SMARTS) is 1. The molecule has 0 saturated heterocycles. The normalized spacial score (nSPS) is 11.8. The zero-order valence-corrected chi connectivity index (χ0v) is 11.3. The molecule has 0 fully saturated rings. The second-order valence-electron chi connectivity index (χ2n) is 4.70. The molecule has 0 aliphatic heterocycles. The molecule has 0 atom stereocenters. The van der Waals surface area contributed by atoms with E-state index < -0.39 is 5.97 Å². The van der Waals surface area contributed by atoms with E-state index in [1.807, 2.05) is 13.8 Å². The highest BCUT2D eigenvalue weighted by molar-refractivity contribution is 5.88. The van der Waals surface area contributed by atoms with Crippen molar-refractivity contribution in [1.29, 1.82) is 0 Å². The summed E-state index contributed by atoms with van der Waals surface area (Å²) in [5.74, 6) is -0.987. The summed E-state index contributed by atoms with van der Waals surface area (Å²) in [6.45, 7) is 4.69. The van der Waals surface area contributed by atoms with Gasteiger partial charge in [0.25, 0.3) is 0 Å². The lowest BCUT2D eigenvalue weighted by atomic mass is 10.1. The van der Waals surface area contributed by atoms with Gasteiger partial charge in [0.15, 0.2) is 0 Å². The summed E-state index contributed by atoms with van der Waals surface area (Å²) in [5, 5.41) is 12.9. The lowest BCUT2D eigenvalue weighted by Gasteiger charge is -2.22. The van der Waals surface area contributed by atoms with Gasteiger partial charge in [-0.2, -0.15) is 5.10 Å². The molecule has 6 nitrogen and oxygen atoms in total. The molecular weight excluding hydrogens is 236 g/mol. The summed E-state index contributed by atoms with van der Waals surface area (Å²) in [5.41, 5.74) is 0.517. The fourth-order valence-corrected chi connectivity index (χ4v) is 1.40. The molecule has 0 aromatic carbocycles. The molecule has 0 spiro atoms. The third-order valence-electron chi connectivity index (χ3n) is 2.93. The molecule has 0 saturated carbocycles. The predicted molar refractivity (Wildman–Crippen MR) is 65.5 cm³/mol. The summed E-state index contributed by atoms with van der Waals surface area (Å²) in [7, 11) is 3.36. The largest absolute Gasteiger partial charge is 0.478 e. The number of carbonyl (C=O) groups is 1. The number of aromatic nitrogens is 2. The summed E-state index contributed by atoms with van der Waals surface area (Å²) in [6, 6.07) is 0. The highest BCUT2D eigenvalue weighted by Crippen LogP contribution is 2.14. The molecule has 0 unspecified atom stereocenters. The van der Waals surface area contributed by atoms with Crippen LogP contribution >= 0.6 is 0 Å². The first-order valence-electron chi connectivity index (χ1n) is 5.74. The Bertz CT molecular complexity index is 412. The standard InChI is InChI=1S/C12H20N2O4/c1-12(2,17-4)5-6-18-8-10-9(11(15)16)7-13-14(10)3/h7H,5-6,8H2,1-4H3,(H,15,16). The molecule has 0 radical (unpaired) electrons. The van der Waals surface area contributed by atoms with Crippen LogP contribution in [-0.4, -0.2) is 40.2 Å². The van der Waals surface area contributed by atoms with Crippen molar-refractivity contribution in [3.05, 3.63) is 17.5 Å². The first-order valence-corrected chi connectivity index (χ1v) is 5.74. The van der Waals surface area contributed by atoms with Crippen molar-refractivity contribution in [3.63, 3.8) is 0 Å². The van der Waals surface area contributed by atoms with Crippen molar-refractivity contribution in [2.45, 2.75) is 32.5 Å². The monoisotopic (exact) mass is 256 g/mol. The van der Waals surface area contributed by atoms with Crippen LogP contribution in [0.2, 0.25) is 0 Å². The van der Waals surface area contributed by atoms with E-state index in [1.54, 1.807) is 14.2 Å². The van der Waals surface area contributed by atoms with Gasteiger partial charge in [-0.1, -0.05) is 0 Å². The number of ether oxygens (including phenoxy) is 2. The first-order chi connectivity index (χ1) is 8.37. The molecule has 0 bridgehead atoms. The van der Waals surface area contributed by atoms with Crippen molar-refractivity contribution >= 4 is 5.97 Å². The Morgan fingerprint density at radius 2 is 2.22 bits per heavy atom. The van der Waals surface area contributed by atoms with Gasteiger partial charge in [-0.25, -0.2) is 4.79 Å². The van der Waals surface area contributed by atoms with E-state index in [0.29, 0.717) is 12.3 Å². The molecule has 1 aromatic heterocycles. The molecule has 102 valence electrons. The van der Waals surface area contributed by atoms with Crippen molar-refractivity contribution < 1.29 is 19.4 Å². The van der Waals surface area contributed by atoms with E-state index in [9.17, 15) is 4.79 Å². The highest BCUT2D eigenvalue weighted by atomic mass is 16.5. The van der Waals surface area contributed by atoms with Crippen molar-refractivity contribution in [2.24, 2.45) is 7.05 Å². The Morgan fingerprint density at radius 3 is 2.78 bits per heavy atom. The van der Waals surface area contributed by atoms with Crippen LogP contribution in [0.25, 0.3) is 0 Å². The minimum Gasteiger partial charge on any atom is -0.478 e. The van der Waals surface area contributed by atoms with Gasteiger partial charge in [0.05, 0.1) is 24.1 Å². The maximum absolute atomic E-state index is 10.9. The minimum atomic E-state index is -0.987.